The van der Waals surface area contributed by atoms with Crippen LogP contribution >= 0.6 is 0 Å². The van der Waals surface area contributed by atoms with Crippen molar-refractivity contribution in [1.29, 1.82) is 0 Å². The number of guanidine groups is 1. The maximum absolute atomic E-state index is 11.9. The zero-order valence-corrected chi connectivity index (χ0v) is 15.2. The third-order valence-electron chi connectivity index (χ3n) is 3.67. The zero-order valence-electron chi connectivity index (χ0n) is 15.2. The molecule has 132 valence electrons. The Hall–Kier alpha value is -2.89. The average molecular weight is 339 g/mol. The molecule has 1 heterocycles. The molecule has 0 saturated carbocycles. The second kappa shape index (κ2) is 8.82. The van der Waals surface area contributed by atoms with Crippen LogP contribution in [0.1, 0.15) is 27.3 Å². The summed E-state index contributed by atoms with van der Waals surface area (Å²) < 4.78 is 0. The SMILES string of the molecule is CN=C(NCc1ccc(C(=O)N(C)C)cc1)NCc1cccc(C)n1. The van der Waals surface area contributed by atoms with E-state index in [1.807, 2.05) is 49.4 Å². The highest BCUT2D eigenvalue weighted by Gasteiger charge is 2.07. The van der Waals surface area contributed by atoms with Gasteiger partial charge in [-0.2, -0.15) is 0 Å². The van der Waals surface area contributed by atoms with Crippen LogP contribution in [0.2, 0.25) is 0 Å². The molecule has 6 heteroatoms. The molecule has 2 aromatic rings. The molecule has 25 heavy (non-hydrogen) atoms. The van der Waals surface area contributed by atoms with Crippen LogP contribution < -0.4 is 10.6 Å². The predicted octanol–water partition coefficient (Wildman–Crippen LogP) is 1.96. The van der Waals surface area contributed by atoms with E-state index in [9.17, 15) is 4.79 Å². The van der Waals surface area contributed by atoms with Crippen LogP contribution in [0, 0.1) is 6.92 Å². The minimum atomic E-state index is 0.00244. The molecule has 0 aliphatic heterocycles. The largest absolute Gasteiger partial charge is 0.352 e. The summed E-state index contributed by atoms with van der Waals surface area (Å²) in [6.45, 7) is 3.20. The number of hydrogen-bond acceptors (Lipinski definition) is 3. The minimum absolute atomic E-state index is 0.00244. The number of aryl methyl sites for hydroxylation is 1. The van der Waals surface area contributed by atoms with Crippen molar-refractivity contribution in [1.82, 2.24) is 20.5 Å². The molecule has 6 nitrogen and oxygen atoms in total. The molecular weight excluding hydrogens is 314 g/mol. The van der Waals surface area contributed by atoms with Gasteiger partial charge in [-0.3, -0.25) is 14.8 Å². The van der Waals surface area contributed by atoms with Gasteiger partial charge in [0, 0.05) is 38.9 Å². The van der Waals surface area contributed by atoms with E-state index >= 15 is 0 Å². The number of aliphatic imine (C=N–C) groups is 1. The third-order valence-corrected chi connectivity index (χ3v) is 3.67. The Bertz CT molecular complexity index is 738. The van der Waals surface area contributed by atoms with Crippen molar-refractivity contribution in [3.63, 3.8) is 0 Å². The summed E-state index contributed by atoms with van der Waals surface area (Å²) in [6, 6.07) is 13.5. The number of benzene rings is 1. The van der Waals surface area contributed by atoms with E-state index in [-0.39, 0.29) is 5.91 Å². The van der Waals surface area contributed by atoms with Crippen LogP contribution in [-0.2, 0) is 13.1 Å². The van der Waals surface area contributed by atoms with Crippen molar-refractivity contribution in [2.45, 2.75) is 20.0 Å². The second-order valence-electron chi connectivity index (χ2n) is 5.95. The monoisotopic (exact) mass is 339 g/mol. The van der Waals surface area contributed by atoms with Gasteiger partial charge in [0.25, 0.3) is 5.91 Å². The number of carbonyl (C=O) groups excluding carboxylic acids is 1. The molecule has 0 aliphatic rings. The van der Waals surface area contributed by atoms with Gasteiger partial charge in [0.1, 0.15) is 0 Å². The number of amides is 1. The van der Waals surface area contributed by atoms with Gasteiger partial charge in [-0.1, -0.05) is 18.2 Å². The predicted molar refractivity (Wildman–Crippen MR) is 100 cm³/mol. The Morgan fingerprint density at radius 2 is 1.76 bits per heavy atom. The first-order chi connectivity index (χ1) is 12.0. The first-order valence-electron chi connectivity index (χ1n) is 8.17. The van der Waals surface area contributed by atoms with Crippen molar-refractivity contribution >= 4 is 11.9 Å². The molecule has 0 bridgehead atoms. The van der Waals surface area contributed by atoms with Crippen LogP contribution in [0.5, 0.6) is 0 Å². The topological polar surface area (TPSA) is 69.6 Å². The van der Waals surface area contributed by atoms with Crippen molar-refractivity contribution in [3.05, 3.63) is 65.0 Å². The molecule has 0 fully saturated rings. The van der Waals surface area contributed by atoms with Gasteiger partial charge in [0.2, 0.25) is 0 Å². The molecule has 1 aromatic heterocycles. The normalized spacial score (nSPS) is 11.1. The minimum Gasteiger partial charge on any atom is -0.352 e. The summed E-state index contributed by atoms with van der Waals surface area (Å²) in [6.07, 6.45) is 0. The van der Waals surface area contributed by atoms with E-state index in [0.29, 0.717) is 24.6 Å². The fourth-order valence-corrected chi connectivity index (χ4v) is 2.30. The van der Waals surface area contributed by atoms with Gasteiger partial charge in [-0.05, 0) is 36.8 Å². The van der Waals surface area contributed by atoms with E-state index in [1.165, 1.54) is 0 Å². The molecule has 0 spiro atoms. The third kappa shape index (κ3) is 5.60. The van der Waals surface area contributed by atoms with Crippen LogP contribution in [0.25, 0.3) is 0 Å². The van der Waals surface area contributed by atoms with E-state index in [4.69, 9.17) is 0 Å². The summed E-state index contributed by atoms with van der Waals surface area (Å²) in [7, 11) is 5.23. The van der Waals surface area contributed by atoms with Crippen molar-refractivity contribution < 1.29 is 4.79 Å². The molecular formula is C19H25N5O. The van der Waals surface area contributed by atoms with Crippen LogP contribution in [0.4, 0.5) is 0 Å². The lowest BCUT2D eigenvalue weighted by Crippen LogP contribution is -2.36. The Kier molecular flexibility index (Phi) is 6.51. The highest BCUT2D eigenvalue weighted by atomic mass is 16.2. The first kappa shape index (κ1) is 18.4. The van der Waals surface area contributed by atoms with Gasteiger partial charge in [-0.25, -0.2) is 0 Å². The quantitative estimate of drug-likeness (QED) is 0.645. The Balaban J connectivity index is 1.87. The molecule has 0 radical (unpaired) electrons. The molecule has 0 unspecified atom stereocenters. The number of aromatic nitrogens is 1. The van der Waals surface area contributed by atoms with Gasteiger partial charge in [0.15, 0.2) is 5.96 Å². The zero-order chi connectivity index (χ0) is 18.2. The van der Waals surface area contributed by atoms with Gasteiger partial charge < -0.3 is 15.5 Å². The molecule has 0 aliphatic carbocycles. The fraction of sp³-hybridized carbons (Fsp3) is 0.316. The maximum atomic E-state index is 11.9. The number of nitrogens with one attached hydrogen (secondary N) is 2. The maximum Gasteiger partial charge on any atom is 0.253 e. The molecule has 2 rings (SSSR count). The first-order valence-corrected chi connectivity index (χ1v) is 8.17. The van der Waals surface area contributed by atoms with Gasteiger partial charge >= 0.3 is 0 Å². The second-order valence-corrected chi connectivity index (χ2v) is 5.95. The summed E-state index contributed by atoms with van der Waals surface area (Å²) in [5, 5.41) is 6.50. The fourth-order valence-electron chi connectivity index (χ4n) is 2.30. The number of nitrogens with zero attached hydrogens (tertiary/aromatic N) is 3. The average Bonchev–Trinajstić information content (AvgIpc) is 2.61. The highest BCUT2D eigenvalue weighted by molar-refractivity contribution is 5.93. The lowest BCUT2D eigenvalue weighted by atomic mass is 10.1. The summed E-state index contributed by atoms with van der Waals surface area (Å²) in [5.74, 6) is 0.708. The number of rotatable bonds is 5. The molecule has 1 amide bonds. The lowest BCUT2D eigenvalue weighted by molar-refractivity contribution is 0.0827. The van der Waals surface area contributed by atoms with Crippen molar-refractivity contribution in [2.24, 2.45) is 4.99 Å². The molecule has 0 saturated heterocycles. The van der Waals surface area contributed by atoms with Crippen molar-refractivity contribution in [3.8, 4) is 0 Å². The van der Waals surface area contributed by atoms with E-state index in [2.05, 4.69) is 20.6 Å². The molecule has 1 aromatic carbocycles. The van der Waals surface area contributed by atoms with Crippen molar-refractivity contribution in [2.75, 3.05) is 21.1 Å². The Labute approximate surface area is 149 Å². The Morgan fingerprint density at radius 3 is 2.36 bits per heavy atom. The van der Waals surface area contributed by atoms with E-state index in [0.717, 1.165) is 17.0 Å². The summed E-state index contributed by atoms with van der Waals surface area (Å²) in [4.78, 5) is 22.1. The molecule has 2 N–H and O–H groups in total. The Morgan fingerprint density at radius 1 is 1.08 bits per heavy atom. The van der Waals surface area contributed by atoms with Crippen LogP contribution in [-0.4, -0.2) is 42.9 Å². The molecule has 0 atom stereocenters. The highest BCUT2D eigenvalue weighted by Crippen LogP contribution is 2.06. The number of carbonyl (C=O) groups is 1. The van der Waals surface area contributed by atoms with E-state index in [1.54, 1.807) is 26.0 Å². The van der Waals surface area contributed by atoms with Crippen LogP contribution in [0.15, 0.2) is 47.5 Å². The number of pyridine rings is 1. The standard InChI is InChI=1S/C19H25N5O/c1-14-6-5-7-17(23-14)13-22-19(20-2)21-12-15-8-10-16(11-9-15)18(25)24(3)4/h5-11H,12-13H2,1-4H3,(H2,20,21,22). The number of hydrogen-bond donors (Lipinski definition) is 2. The smallest absolute Gasteiger partial charge is 0.253 e. The van der Waals surface area contributed by atoms with Gasteiger partial charge in [0.05, 0.1) is 12.2 Å². The summed E-state index contributed by atoms with van der Waals surface area (Å²) in [5.41, 5.74) is 3.72. The van der Waals surface area contributed by atoms with Gasteiger partial charge in [-0.15, -0.1) is 0 Å². The van der Waals surface area contributed by atoms with E-state index < -0.39 is 0 Å². The summed E-state index contributed by atoms with van der Waals surface area (Å²) >= 11 is 0. The lowest BCUT2D eigenvalue weighted by Gasteiger charge is -2.13. The van der Waals surface area contributed by atoms with Crippen LogP contribution in [0.3, 0.4) is 0 Å².